The number of H-pyrrole nitrogens is 1. The molecule has 0 aliphatic rings. The Morgan fingerprint density at radius 1 is 1.13 bits per heavy atom. The number of amides is 1. The van der Waals surface area contributed by atoms with E-state index in [1.807, 2.05) is 30.3 Å². The van der Waals surface area contributed by atoms with Crippen LogP contribution in [0.2, 0.25) is 0 Å². The van der Waals surface area contributed by atoms with E-state index < -0.39 is 6.09 Å². The highest BCUT2D eigenvalue weighted by Gasteiger charge is 2.12. The number of ether oxygens (including phenoxy) is 1. The summed E-state index contributed by atoms with van der Waals surface area (Å²) in [6, 6.07) is 15.4. The number of halogens is 1. The maximum atomic E-state index is 13.2. The molecule has 0 aliphatic carbocycles. The number of nitrogens with zero attached hydrogens (tertiary/aromatic N) is 5. The van der Waals surface area contributed by atoms with Crippen molar-refractivity contribution in [3.63, 3.8) is 0 Å². The van der Waals surface area contributed by atoms with Crippen LogP contribution < -0.4 is 5.73 Å². The van der Waals surface area contributed by atoms with E-state index in [1.54, 1.807) is 16.6 Å². The number of carbonyl (C=O) groups is 1. The first-order chi connectivity index (χ1) is 15.0. The fourth-order valence-electron chi connectivity index (χ4n) is 3.03. The molecule has 3 N–H and O–H groups in total. The molecule has 31 heavy (non-hydrogen) atoms. The minimum absolute atomic E-state index is 0.0304. The Bertz CT molecular complexity index is 1410. The van der Waals surface area contributed by atoms with Crippen molar-refractivity contribution in [2.24, 2.45) is 5.73 Å². The van der Waals surface area contributed by atoms with Gasteiger partial charge in [-0.3, -0.25) is 0 Å². The standard InChI is InChI=1S/C20H14FN7O2S/c21-12-3-1-11(2-4-12)14-7-8-18-25-26-20(28(18)27-14)31-13-5-6-15-16(9-13)24-17(23-15)10-30-19(22)29/h1-9H,10H2,(H2,22,29)(H,23,24). The molecule has 0 spiro atoms. The Morgan fingerprint density at radius 3 is 2.77 bits per heavy atom. The summed E-state index contributed by atoms with van der Waals surface area (Å²) in [6.45, 7) is -0.0304. The number of rotatable bonds is 5. The first-order valence-electron chi connectivity index (χ1n) is 9.12. The zero-order valence-electron chi connectivity index (χ0n) is 15.8. The van der Waals surface area contributed by atoms with E-state index in [0.29, 0.717) is 22.3 Å². The normalized spacial score (nSPS) is 11.3. The molecule has 0 bridgehead atoms. The van der Waals surface area contributed by atoms with Crippen LogP contribution in [0, 0.1) is 5.82 Å². The minimum Gasteiger partial charge on any atom is -0.442 e. The van der Waals surface area contributed by atoms with Crippen LogP contribution in [-0.2, 0) is 11.3 Å². The molecule has 0 radical (unpaired) electrons. The summed E-state index contributed by atoms with van der Waals surface area (Å²) < 4.78 is 19.6. The molecule has 2 aromatic carbocycles. The lowest BCUT2D eigenvalue weighted by atomic mass is 10.1. The van der Waals surface area contributed by atoms with Crippen molar-refractivity contribution in [2.45, 2.75) is 16.7 Å². The molecule has 0 aliphatic heterocycles. The van der Waals surface area contributed by atoms with Crippen LogP contribution in [0.15, 0.2) is 64.6 Å². The van der Waals surface area contributed by atoms with E-state index in [-0.39, 0.29) is 12.4 Å². The number of nitrogens with two attached hydrogens (primary N) is 1. The van der Waals surface area contributed by atoms with Crippen LogP contribution in [-0.4, -0.2) is 35.9 Å². The molecule has 5 aromatic rings. The lowest BCUT2D eigenvalue weighted by Crippen LogP contribution is -2.13. The predicted octanol–water partition coefficient (Wildman–Crippen LogP) is 3.55. The number of aromatic nitrogens is 6. The van der Waals surface area contributed by atoms with Gasteiger partial charge in [0.15, 0.2) is 12.3 Å². The van der Waals surface area contributed by atoms with Gasteiger partial charge in [-0.15, -0.1) is 10.2 Å². The highest BCUT2D eigenvalue weighted by atomic mass is 32.2. The summed E-state index contributed by atoms with van der Waals surface area (Å²) >= 11 is 1.39. The average molecular weight is 435 g/mol. The summed E-state index contributed by atoms with van der Waals surface area (Å²) in [5.74, 6) is 0.193. The largest absolute Gasteiger partial charge is 0.442 e. The number of hydrogen-bond donors (Lipinski definition) is 2. The van der Waals surface area contributed by atoms with Crippen LogP contribution in [0.3, 0.4) is 0 Å². The number of hydrogen-bond acceptors (Lipinski definition) is 7. The van der Waals surface area contributed by atoms with Crippen molar-refractivity contribution in [2.75, 3.05) is 0 Å². The number of primary amides is 1. The molecule has 0 fully saturated rings. The van der Waals surface area contributed by atoms with Gasteiger partial charge in [0, 0.05) is 10.5 Å². The molecule has 1 amide bonds. The van der Waals surface area contributed by atoms with Crippen LogP contribution in [0.5, 0.6) is 0 Å². The molecular formula is C20H14FN7O2S. The molecule has 0 saturated heterocycles. The second kappa shape index (κ2) is 7.69. The van der Waals surface area contributed by atoms with Gasteiger partial charge >= 0.3 is 6.09 Å². The van der Waals surface area contributed by atoms with Gasteiger partial charge in [0.05, 0.1) is 16.7 Å². The van der Waals surface area contributed by atoms with Gasteiger partial charge in [-0.2, -0.15) is 9.61 Å². The van der Waals surface area contributed by atoms with Crippen LogP contribution in [0.1, 0.15) is 5.82 Å². The topological polar surface area (TPSA) is 124 Å². The second-order valence-electron chi connectivity index (χ2n) is 6.55. The summed E-state index contributed by atoms with van der Waals surface area (Å²) in [4.78, 5) is 19.1. The van der Waals surface area contributed by atoms with E-state index in [1.165, 1.54) is 23.9 Å². The fraction of sp³-hybridized carbons (Fsp3) is 0.0500. The number of imidazole rings is 1. The summed E-state index contributed by atoms with van der Waals surface area (Å²) in [7, 11) is 0. The van der Waals surface area contributed by atoms with Gasteiger partial charge in [0.1, 0.15) is 11.6 Å². The van der Waals surface area contributed by atoms with Gasteiger partial charge in [-0.1, -0.05) is 0 Å². The smallest absolute Gasteiger partial charge is 0.404 e. The van der Waals surface area contributed by atoms with E-state index >= 15 is 0 Å². The lowest BCUT2D eigenvalue weighted by Gasteiger charge is -2.03. The molecule has 0 saturated carbocycles. The molecule has 3 heterocycles. The van der Waals surface area contributed by atoms with Crippen molar-refractivity contribution in [1.29, 1.82) is 0 Å². The number of carbonyl (C=O) groups excluding carboxylic acids is 1. The highest BCUT2D eigenvalue weighted by Crippen LogP contribution is 2.29. The van der Waals surface area contributed by atoms with Gasteiger partial charge in [0.2, 0.25) is 5.16 Å². The fourth-order valence-corrected chi connectivity index (χ4v) is 3.85. The summed E-state index contributed by atoms with van der Waals surface area (Å²) in [6.07, 6.45) is -0.858. The molecule has 11 heteroatoms. The van der Waals surface area contributed by atoms with Crippen molar-refractivity contribution in [3.8, 4) is 11.3 Å². The van der Waals surface area contributed by atoms with Crippen molar-refractivity contribution >= 4 is 34.5 Å². The summed E-state index contributed by atoms with van der Waals surface area (Å²) in [5.41, 5.74) is 8.57. The zero-order chi connectivity index (χ0) is 21.4. The van der Waals surface area contributed by atoms with E-state index in [2.05, 4.69) is 25.3 Å². The van der Waals surface area contributed by atoms with Crippen molar-refractivity contribution < 1.29 is 13.9 Å². The van der Waals surface area contributed by atoms with Crippen molar-refractivity contribution in [3.05, 3.63) is 66.2 Å². The molecule has 9 nitrogen and oxygen atoms in total. The number of aromatic amines is 1. The lowest BCUT2D eigenvalue weighted by molar-refractivity contribution is 0.147. The maximum absolute atomic E-state index is 13.2. The third kappa shape index (κ3) is 3.90. The molecule has 5 rings (SSSR count). The Balaban J connectivity index is 1.44. The number of nitrogens with one attached hydrogen (secondary N) is 1. The highest BCUT2D eigenvalue weighted by molar-refractivity contribution is 7.99. The SMILES string of the molecule is NC(=O)OCc1nc2ccc(Sc3nnc4ccc(-c5ccc(F)cc5)nn34)cc2[nH]1. The van der Waals surface area contributed by atoms with Crippen LogP contribution in [0.25, 0.3) is 27.9 Å². The summed E-state index contributed by atoms with van der Waals surface area (Å²) in [5, 5.41) is 13.6. The van der Waals surface area contributed by atoms with E-state index in [4.69, 9.17) is 10.5 Å². The maximum Gasteiger partial charge on any atom is 0.404 e. The molecule has 0 atom stereocenters. The first-order valence-corrected chi connectivity index (χ1v) is 9.94. The Hall–Kier alpha value is -3.99. The van der Waals surface area contributed by atoms with E-state index in [9.17, 15) is 9.18 Å². The number of fused-ring (bicyclic) bond motifs is 2. The zero-order valence-corrected chi connectivity index (χ0v) is 16.6. The van der Waals surface area contributed by atoms with Gasteiger partial charge in [-0.05, 0) is 66.4 Å². The third-order valence-electron chi connectivity index (χ3n) is 4.44. The monoisotopic (exact) mass is 435 g/mol. The molecule has 0 unspecified atom stereocenters. The molecule has 154 valence electrons. The Morgan fingerprint density at radius 2 is 1.97 bits per heavy atom. The Kier molecular flexibility index (Phi) is 4.71. The van der Waals surface area contributed by atoms with Gasteiger partial charge in [-0.25, -0.2) is 14.2 Å². The van der Waals surface area contributed by atoms with Crippen LogP contribution >= 0.6 is 11.8 Å². The van der Waals surface area contributed by atoms with Gasteiger partial charge < -0.3 is 15.5 Å². The minimum atomic E-state index is -0.858. The number of benzene rings is 2. The van der Waals surface area contributed by atoms with Crippen molar-refractivity contribution in [1.82, 2.24) is 29.8 Å². The quantitative estimate of drug-likeness (QED) is 0.432. The first kappa shape index (κ1) is 19.0. The second-order valence-corrected chi connectivity index (χ2v) is 7.59. The average Bonchev–Trinajstić information content (AvgIpc) is 3.36. The molecular weight excluding hydrogens is 421 g/mol. The van der Waals surface area contributed by atoms with Gasteiger partial charge in [0.25, 0.3) is 0 Å². The Labute approximate surface area is 178 Å². The van der Waals surface area contributed by atoms with E-state index in [0.717, 1.165) is 21.5 Å². The van der Waals surface area contributed by atoms with Crippen LogP contribution in [0.4, 0.5) is 9.18 Å². The molecule has 3 aromatic heterocycles. The predicted molar refractivity (Wildman–Crippen MR) is 111 cm³/mol. The third-order valence-corrected chi connectivity index (χ3v) is 5.36.